The minimum Gasteiger partial charge on any atom is -0.369 e. The van der Waals surface area contributed by atoms with E-state index in [-0.39, 0.29) is 34.0 Å². The Bertz CT molecular complexity index is 2440. The number of carbonyl (C=O) groups excluding carboxylic acids is 2. The molecular formula is C44H49ClFN9O4S. The highest BCUT2D eigenvalue weighted by atomic mass is 35.5. The number of aromatic nitrogens is 4. The number of sulfonamides is 1. The third-order valence-electron chi connectivity index (χ3n) is 12.1. The Labute approximate surface area is 355 Å². The van der Waals surface area contributed by atoms with E-state index in [1.165, 1.54) is 12.1 Å². The van der Waals surface area contributed by atoms with Crippen molar-refractivity contribution in [1.29, 1.82) is 0 Å². The first kappa shape index (κ1) is 41.4. The maximum atomic E-state index is 16.3. The fourth-order valence-electron chi connectivity index (χ4n) is 8.28. The molecule has 60 heavy (non-hydrogen) atoms. The second-order valence-corrected chi connectivity index (χ2v) is 18.5. The Kier molecular flexibility index (Phi) is 12.2. The van der Waals surface area contributed by atoms with Gasteiger partial charge in [0.05, 0.1) is 22.5 Å². The second kappa shape index (κ2) is 17.7. The van der Waals surface area contributed by atoms with Gasteiger partial charge < -0.3 is 9.80 Å². The van der Waals surface area contributed by atoms with Crippen molar-refractivity contribution >= 4 is 50.6 Å². The first-order valence-electron chi connectivity index (χ1n) is 20.6. The number of hydrogen-bond acceptors (Lipinski definition) is 10. The highest BCUT2D eigenvalue weighted by Crippen LogP contribution is 2.38. The second-order valence-electron chi connectivity index (χ2n) is 15.9. The molecule has 3 saturated heterocycles. The zero-order chi connectivity index (χ0) is 42.0. The van der Waals surface area contributed by atoms with E-state index in [2.05, 4.69) is 46.8 Å². The molecular weight excluding hydrogens is 805 g/mol. The van der Waals surface area contributed by atoms with Crippen LogP contribution in [0.1, 0.15) is 57.4 Å². The summed E-state index contributed by atoms with van der Waals surface area (Å²) in [4.78, 5) is 39.9. The van der Waals surface area contributed by atoms with Crippen molar-refractivity contribution in [2.24, 2.45) is 5.92 Å². The van der Waals surface area contributed by atoms with Crippen LogP contribution < -0.4 is 19.8 Å². The van der Waals surface area contributed by atoms with Crippen LogP contribution >= 0.6 is 11.6 Å². The summed E-state index contributed by atoms with van der Waals surface area (Å²) in [5, 5.41) is 6.78. The molecule has 3 aliphatic heterocycles. The number of anilines is 3. The standard InChI is InChI=1S/C44H49ClFN9O4S/c1-3-29(2)60(58,59)51-39-25-33(45)24-37(42(39)46)38-28-55(50-43(38)31-12-16-47-17-13-31)35-7-5-34(6-8-35)53-22-20-52(21-23-53)27-30-14-18-54(19-15-30)40-10-4-32(26-48-40)36-9-11-41(56)49-44(36)57/h4-8,10,12-13,16-17,24-26,28-30,36,51H,3,9,11,14-15,18-23,27H2,1-2H3,(H,49,56,57)/t29-,36+/m1/s1. The van der Waals surface area contributed by atoms with Crippen molar-refractivity contribution < 1.29 is 22.4 Å². The summed E-state index contributed by atoms with van der Waals surface area (Å²) < 4.78 is 46.2. The number of pyridine rings is 2. The zero-order valence-corrected chi connectivity index (χ0v) is 35.3. The lowest BCUT2D eigenvalue weighted by molar-refractivity contribution is -0.134. The molecule has 0 unspecified atom stereocenters. The van der Waals surface area contributed by atoms with Crippen LogP contribution in [0, 0.1) is 11.7 Å². The molecule has 16 heteroatoms. The van der Waals surface area contributed by atoms with E-state index >= 15 is 4.39 Å². The predicted octanol–water partition coefficient (Wildman–Crippen LogP) is 6.89. The first-order valence-corrected chi connectivity index (χ1v) is 22.5. The number of nitrogens with zero attached hydrogens (tertiary/aromatic N) is 7. The van der Waals surface area contributed by atoms with E-state index in [1.807, 2.05) is 24.3 Å². The van der Waals surface area contributed by atoms with Gasteiger partial charge in [-0.1, -0.05) is 24.6 Å². The molecule has 314 valence electrons. The number of hydrogen-bond donors (Lipinski definition) is 2. The van der Waals surface area contributed by atoms with Crippen LogP contribution in [0.3, 0.4) is 0 Å². The zero-order valence-electron chi connectivity index (χ0n) is 33.7. The third-order valence-corrected chi connectivity index (χ3v) is 14.2. The monoisotopic (exact) mass is 853 g/mol. The summed E-state index contributed by atoms with van der Waals surface area (Å²) in [5.41, 5.74) is 4.33. The van der Waals surface area contributed by atoms with Gasteiger partial charge in [-0.25, -0.2) is 22.5 Å². The topological polar surface area (TPSA) is 146 Å². The molecule has 3 fully saturated rings. The van der Waals surface area contributed by atoms with Gasteiger partial charge in [0.2, 0.25) is 21.8 Å². The normalized spacial score (nSPS) is 18.7. The van der Waals surface area contributed by atoms with Crippen LogP contribution in [0.5, 0.6) is 0 Å². The number of nitrogens with one attached hydrogen (secondary N) is 2. The van der Waals surface area contributed by atoms with Crippen molar-refractivity contribution in [2.45, 2.75) is 57.1 Å². The van der Waals surface area contributed by atoms with Gasteiger partial charge in [0, 0.05) is 104 Å². The smallest absolute Gasteiger partial charge is 0.235 e. The number of rotatable bonds is 12. The van der Waals surface area contributed by atoms with Crippen molar-refractivity contribution in [3.63, 3.8) is 0 Å². The minimum absolute atomic E-state index is 0.123. The molecule has 0 aliphatic carbocycles. The van der Waals surface area contributed by atoms with Crippen LogP contribution in [0.2, 0.25) is 5.02 Å². The number of amides is 2. The van der Waals surface area contributed by atoms with Gasteiger partial charge in [0.25, 0.3) is 0 Å². The highest BCUT2D eigenvalue weighted by Gasteiger charge is 2.30. The predicted molar refractivity (Wildman–Crippen MR) is 232 cm³/mol. The highest BCUT2D eigenvalue weighted by molar-refractivity contribution is 7.93. The fraction of sp³-hybridized carbons (Fsp3) is 0.386. The lowest BCUT2D eigenvalue weighted by Crippen LogP contribution is -2.49. The molecule has 0 saturated carbocycles. The Morgan fingerprint density at radius 2 is 1.62 bits per heavy atom. The molecule has 0 spiro atoms. The van der Waals surface area contributed by atoms with Gasteiger partial charge in [0.1, 0.15) is 11.5 Å². The fourth-order valence-corrected chi connectivity index (χ4v) is 9.59. The molecule has 0 bridgehead atoms. The average Bonchev–Trinajstić information content (AvgIpc) is 3.71. The molecule has 5 aromatic rings. The number of benzene rings is 2. The summed E-state index contributed by atoms with van der Waals surface area (Å²) in [5.74, 6) is 0.0344. The molecule has 2 amide bonds. The Hall–Kier alpha value is -5.38. The SMILES string of the molecule is CC[C@@H](C)S(=O)(=O)Nc1cc(Cl)cc(-c2cn(-c3ccc(N4CCN(CC5CCN(c6ccc([C@@H]7CCC(=O)NC7=O)cn6)CC5)CC4)cc3)nc2-c2ccncc2)c1F. The molecule has 6 heterocycles. The van der Waals surface area contributed by atoms with Gasteiger partial charge in [-0.05, 0) is 98.7 Å². The van der Waals surface area contributed by atoms with E-state index in [4.69, 9.17) is 16.7 Å². The molecule has 3 aromatic heterocycles. The van der Waals surface area contributed by atoms with Crippen molar-refractivity contribution in [2.75, 3.05) is 60.3 Å². The molecule has 2 N–H and O–H groups in total. The van der Waals surface area contributed by atoms with Crippen LogP contribution in [0.25, 0.3) is 28.1 Å². The number of halogens is 2. The number of carbonyl (C=O) groups is 2. The van der Waals surface area contributed by atoms with Gasteiger partial charge in [-0.3, -0.25) is 29.5 Å². The first-order chi connectivity index (χ1) is 28.9. The lowest BCUT2D eigenvalue weighted by Gasteiger charge is -2.40. The van der Waals surface area contributed by atoms with E-state index < -0.39 is 21.1 Å². The van der Waals surface area contributed by atoms with Crippen molar-refractivity contribution in [1.82, 2.24) is 30.0 Å². The van der Waals surface area contributed by atoms with E-state index in [0.29, 0.717) is 36.4 Å². The van der Waals surface area contributed by atoms with Gasteiger partial charge in [-0.15, -0.1) is 0 Å². The summed E-state index contributed by atoms with van der Waals surface area (Å²) in [6.45, 7) is 10.1. The van der Waals surface area contributed by atoms with E-state index in [1.54, 1.807) is 55.4 Å². The van der Waals surface area contributed by atoms with Gasteiger partial charge in [0.15, 0.2) is 5.82 Å². The van der Waals surface area contributed by atoms with Crippen molar-refractivity contribution in [3.05, 3.63) is 102 Å². The maximum Gasteiger partial charge on any atom is 0.235 e. The largest absolute Gasteiger partial charge is 0.369 e. The van der Waals surface area contributed by atoms with E-state index in [9.17, 15) is 18.0 Å². The van der Waals surface area contributed by atoms with Crippen LogP contribution in [0.4, 0.5) is 21.6 Å². The van der Waals surface area contributed by atoms with Gasteiger partial charge >= 0.3 is 0 Å². The lowest BCUT2D eigenvalue weighted by atomic mass is 9.91. The maximum absolute atomic E-state index is 16.3. The number of piperazine rings is 1. The molecule has 13 nitrogen and oxygen atoms in total. The average molecular weight is 854 g/mol. The number of imide groups is 1. The number of piperidine rings is 2. The Morgan fingerprint density at radius 1 is 0.900 bits per heavy atom. The van der Waals surface area contributed by atoms with Crippen LogP contribution in [-0.4, -0.2) is 95.9 Å². The quantitative estimate of drug-likeness (QED) is 0.127. The van der Waals surface area contributed by atoms with Crippen molar-refractivity contribution in [3.8, 4) is 28.1 Å². The Morgan fingerprint density at radius 3 is 2.28 bits per heavy atom. The van der Waals surface area contributed by atoms with Crippen LogP contribution in [-0.2, 0) is 19.6 Å². The van der Waals surface area contributed by atoms with Gasteiger partial charge in [-0.2, -0.15) is 5.10 Å². The molecule has 2 aromatic carbocycles. The molecule has 2 atom stereocenters. The van der Waals surface area contributed by atoms with Crippen LogP contribution in [0.15, 0.2) is 85.5 Å². The summed E-state index contributed by atoms with van der Waals surface area (Å²) >= 11 is 6.48. The van der Waals surface area contributed by atoms with E-state index in [0.717, 1.165) is 87.0 Å². The third kappa shape index (κ3) is 9.03. The minimum atomic E-state index is -3.84. The Balaban J connectivity index is 0.889. The summed E-state index contributed by atoms with van der Waals surface area (Å²) in [7, 11) is -3.84. The molecule has 8 rings (SSSR count). The summed E-state index contributed by atoms with van der Waals surface area (Å²) in [6, 6.07) is 18.5. The summed E-state index contributed by atoms with van der Waals surface area (Å²) in [6.07, 6.45) is 10.2. The molecule has 0 radical (unpaired) electrons. The molecule has 3 aliphatic rings.